The number of para-hydroxylation sites is 1. The van der Waals surface area contributed by atoms with Gasteiger partial charge in [-0.25, -0.2) is 8.42 Å². The lowest BCUT2D eigenvalue weighted by molar-refractivity contribution is -0.384. The van der Waals surface area contributed by atoms with Crippen molar-refractivity contribution < 1.29 is 13.3 Å². The minimum absolute atomic E-state index is 0.118. The van der Waals surface area contributed by atoms with Gasteiger partial charge in [-0.1, -0.05) is 18.2 Å². The number of anilines is 2. The van der Waals surface area contributed by atoms with E-state index in [1.807, 2.05) is 4.90 Å². The van der Waals surface area contributed by atoms with E-state index in [1.165, 1.54) is 18.9 Å². The fraction of sp³-hybridized carbons (Fsp3) is 0.455. The molecule has 1 N–H and O–H groups in total. The molecule has 0 aromatic heterocycles. The summed E-state index contributed by atoms with van der Waals surface area (Å²) in [6.07, 6.45) is 4.38. The molecule has 2 heterocycles. The van der Waals surface area contributed by atoms with Crippen molar-refractivity contribution in [2.75, 3.05) is 29.3 Å². The first kappa shape index (κ1) is 21.6. The van der Waals surface area contributed by atoms with E-state index in [1.54, 1.807) is 36.4 Å². The second-order valence-electron chi connectivity index (χ2n) is 8.33. The number of likely N-dealkylation sites (tertiary alicyclic amines) is 1. The Balaban J connectivity index is 1.52. The van der Waals surface area contributed by atoms with Gasteiger partial charge < -0.3 is 4.90 Å². The van der Waals surface area contributed by atoms with Gasteiger partial charge in [-0.3, -0.25) is 19.7 Å². The topological polar surface area (TPSA) is 95.8 Å². The largest absolute Gasteiger partial charge is 0.366 e. The van der Waals surface area contributed by atoms with Crippen LogP contribution < -0.4 is 9.62 Å². The Kier molecular flexibility index (Phi) is 6.15. The van der Waals surface area contributed by atoms with Crippen LogP contribution in [0.5, 0.6) is 0 Å². The van der Waals surface area contributed by atoms with Crippen LogP contribution in [0.15, 0.2) is 53.4 Å². The monoisotopic (exact) mass is 444 g/mol. The second-order valence-corrected chi connectivity index (χ2v) is 10.0. The smallest absolute Gasteiger partial charge is 0.293 e. The molecular formula is C22H28N4O4S. The molecule has 2 aliphatic heterocycles. The molecular weight excluding hydrogens is 416 g/mol. The number of nitro benzene ring substituents is 1. The number of piperidine rings is 1. The summed E-state index contributed by atoms with van der Waals surface area (Å²) in [7, 11) is -3.92. The highest BCUT2D eigenvalue weighted by molar-refractivity contribution is 7.92. The average Bonchev–Trinajstić information content (AvgIpc) is 3.19. The second kappa shape index (κ2) is 8.84. The predicted molar refractivity (Wildman–Crippen MR) is 121 cm³/mol. The third-order valence-electron chi connectivity index (χ3n) is 6.36. The van der Waals surface area contributed by atoms with Crippen LogP contribution in [-0.4, -0.2) is 50.0 Å². The van der Waals surface area contributed by atoms with E-state index < -0.39 is 14.9 Å². The Morgan fingerprint density at radius 2 is 1.74 bits per heavy atom. The third-order valence-corrected chi connectivity index (χ3v) is 7.74. The number of nitrogens with zero attached hydrogens (tertiary/aromatic N) is 3. The lowest BCUT2D eigenvalue weighted by Crippen LogP contribution is -2.46. The molecule has 0 amide bonds. The van der Waals surface area contributed by atoms with Gasteiger partial charge in [-0.05, 0) is 63.4 Å². The lowest BCUT2D eigenvalue weighted by atomic mass is 10.0. The molecule has 1 unspecified atom stereocenters. The van der Waals surface area contributed by atoms with Crippen LogP contribution in [0.3, 0.4) is 0 Å². The molecule has 0 bridgehead atoms. The standard InChI is InChI=1S/C22H28N4O4S/c1-17-6-5-13-25(17)19-11-14-24(15-12-19)21-10-9-20(16-22(21)26(27)28)31(29,30)23-18-7-3-2-4-8-18/h2-4,7-10,16-17,19,23H,5-6,11-15H2,1H3. The van der Waals surface area contributed by atoms with Crippen molar-refractivity contribution in [3.05, 3.63) is 58.6 Å². The quantitative estimate of drug-likeness (QED) is 0.537. The van der Waals surface area contributed by atoms with Gasteiger partial charge in [0.1, 0.15) is 5.69 Å². The maximum absolute atomic E-state index is 12.7. The van der Waals surface area contributed by atoms with Crippen molar-refractivity contribution in [1.29, 1.82) is 0 Å². The minimum Gasteiger partial charge on any atom is -0.366 e. The Morgan fingerprint density at radius 3 is 2.35 bits per heavy atom. The lowest BCUT2D eigenvalue weighted by Gasteiger charge is -2.39. The first-order valence-corrected chi connectivity index (χ1v) is 12.2. The highest BCUT2D eigenvalue weighted by atomic mass is 32.2. The fourth-order valence-electron chi connectivity index (χ4n) is 4.74. The van der Waals surface area contributed by atoms with Crippen molar-refractivity contribution in [3.63, 3.8) is 0 Å². The van der Waals surface area contributed by atoms with Crippen molar-refractivity contribution >= 4 is 27.1 Å². The zero-order chi connectivity index (χ0) is 22.0. The van der Waals surface area contributed by atoms with E-state index in [4.69, 9.17) is 0 Å². The molecule has 8 nitrogen and oxygen atoms in total. The van der Waals surface area contributed by atoms with Crippen molar-refractivity contribution in [2.45, 2.75) is 49.6 Å². The Bertz CT molecular complexity index is 1040. The normalized spacial score (nSPS) is 20.7. The molecule has 4 rings (SSSR count). The van der Waals surface area contributed by atoms with Crippen molar-refractivity contribution in [3.8, 4) is 0 Å². The van der Waals surface area contributed by atoms with E-state index in [0.717, 1.165) is 38.5 Å². The van der Waals surface area contributed by atoms with Gasteiger partial charge in [0.05, 0.1) is 9.82 Å². The summed E-state index contributed by atoms with van der Waals surface area (Å²) in [4.78, 5) is 15.7. The van der Waals surface area contributed by atoms with Crippen LogP contribution in [0.25, 0.3) is 0 Å². The van der Waals surface area contributed by atoms with Crippen molar-refractivity contribution in [1.82, 2.24) is 4.90 Å². The van der Waals surface area contributed by atoms with Crippen LogP contribution in [0.1, 0.15) is 32.6 Å². The van der Waals surface area contributed by atoms with Gasteiger partial charge in [-0.2, -0.15) is 0 Å². The van der Waals surface area contributed by atoms with E-state index in [0.29, 0.717) is 23.5 Å². The van der Waals surface area contributed by atoms with Gasteiger partial charge >= 0.3 is 0 Å². The first-order valence-electron chi connectivity index (χ1n) is 10.7. The molecule has 0 radical (unpaired) electrons. The molecule has 0 spiro atoms. The zero-order valence-electron chi connectivity index (χ0n) is 17.6. The number of nitrogens with one attached hydrogen (secondary N) is 1. The highest BCUT2D eigenvalue weighted by Gasteiger charge is 2.32. The SMILES string of the molecule is CC1CCCN1C1CCN(c2ccc(S(=O)(=O)Nc3ccccc3)cc2[N+](=O)[O-])CC1. The molecule has 2 aromatic rings. The number of sulfonamides is 1. The van der Waals surface area contributed by atoms with Gasteiger partial charge in [0.2, 0.25) is 0 Å². The number of benzene rings is 2. The molecule has 31 heavy (non-hydrogen) atoms. The minimum atomic E-state index is -3.92. The summed E-state index contributed by atoms with van der Waals surface area (Å²) in [5.74, 6) is 0. The number of nitro groups is 1. The molecule has 2 fully saturated rings. The summed E-state index contributed by atoms with van der Waals surface area (Å²) < 4.78 is 27.9. The van der Waals surface area contributed by atoms with Gasteiger partial charge in [0.25, 0.3) is 15.7 Å². The van der Waals surface area contributed by atoms with E-state index >= 15 is 0 Å². The average molecular weight is 445 g/mol. The van der Waals surface area contributed by atoms with Crippen molar-refractivity contribution in [2.24, 2.45) is 0 Å². The molecule has 2 saturated heterocycles. The predicted octanol–water partition coefficient (Wildman–Crippen LogP) is 3.85. The summed E-state index contributed by atoms with van der Waals surface area (Å²) in [5, 5.41) is 11.8. The Morgan fingerprint density at radius 1 is 1.03 bits per heavy atom. The molecule has 2 aromatic carbocycles. The third kappa shape index (κ3) is 4.67. The van der Waals surface area contributed by atoms with Crippen LogP contribution in [0, 0.1) is 10.1 Å². The first-order chi connectivity index (χ1) is 14.8. The number of hydrogen-bond donors (Lipinski definition) is 1. The summed E-state index contributed by atoms with van der Waals surface area (Å²) in [6, 6.07) is 13.8. The Labute approximate surface area is 183 Å². The molecule has 0 saturated carbocycles. The van der Waals surface area contributed by atoms with Gasteiger partial charge in [0.15, 0.2) is 0 Å². The molecule has 166 valence electrons. The van der Waals surface area contributed by atoms with E-state index in [2.05, 4.69) is 16.5 Å². The van der Waals surface area contributed by atoms with Crippen LogP contribution in [-0.2, 0) is 10.0 Å². The number of hydrogen-bond acceptors (Lipinski definition) is 6. The summed E-state index contributed by atoms with van der Waals surface area (Å²) in [5.41, 5.74) is 0.716. The van der Waals surface area contributed by atoms with Crippen LogP contribution in [0.2, 0.25) is 0 Å². The number of rotatable bonds is 6. The maximum atomic E-state index is 12.7. The Hall–Kier alpha value is -2.65. The van der Waals surface area contributed by atoms with Crippen LogP contribution in [0.4, 0.5) is 17.1 Å². The van der Waals surface area contributed by atoms with E-state index in [9.17, 15) is 18.5 Å². The zero-order valence-corrected chi connectivity index (χ0v) is 18.4. The summed E-state index contributed by atoms with van der Waals surface area (Å²) >= 11 is 0. The highest BCUT2D eigenvalue weighted by Crippen LogP contribution is 2.34. The van der Waals surface area contributed by atoms with Gasteiger partial charge in [-0.15, -0.1) is 0 Å². The molecule has 0 aliphatic carbocycles. The molecule has 2 aliphatic rings. The van der Waals surface area contributed by atoms with Gasteiger partial charge in [0, 0.05) is 36.9 Å². The summed E-state index contributed by atoms with van der Waals surface area (Å²) in [6.45, 7) is 4.85. The molecule has 1 atom stereocenters. The fourth-order valence-corrected chi connectivity index (χ4v) is 5.82. The van der Waals surface area contributed by atoms with Crippen LogP contribution >= 0.6 is 0 Å². The maximum Gasteiger partial charge on any atom is 0.293 e. The van der Waals surface area contributed by atoms with E-state index in [-0.39, 0.29) is 10.6 Å². The molecule has 9 heteroatoms.